The maximum Gasteiger partial charge on any atom is 2.00 e. The Kier molecular flexibility index (Phi) is 15.4. The molecule has 29 heavy (non-hydrogen) atoms. The molecule has 8 nitrogen and oxygen atoms in total. The molecule has 164 valence electrons. The molecule has 0 bridgehead atoms. The van der Waals surface area contributed by atoms with Crippen LogP contribution in [0.4, 0.5) is 0 Å². The van der Waals surface area contributed by atoms with E-state index in [-0.39, 0.29) is 50.9 Å². The van der Waals surface area contributed by atoms with Crippen molar-refractivity contribution < 1.29 is 44.1 Å². The van der Waals surface area contributed by atoms with Crippen LogP contribution in [0.25, 0.3) is 0 Å². The van der Waals surface area contributed by atoms with Crippen molar-refractivity contribution in [3.8, 4) is 0 Å². The van der Waals surface area contributed by atoms with Crippen molar-refractivity contribution >= 4 is 78.0 Å². The average molecular weight is 619 g/mol. The Hall–Kier alpha value is 0.962. The molecule has 15 heteroatoms. The van der Waals surface area contributed by atoms with Gasteiger partial charge in [-0.2, -0.15) is 0 Å². The van der Waals surface area contributed by atoms with Gasteiger partial charge in [0, 0.05) is 38.3 Å². The molecule has 0 aromatic carbocycles. The molecule has 2 aliphatic heterocycles. The number of hydrogen-bond donors (Lipinski definition) is 4. The maximum atomic E-state index is 11.1. The molecule has 2 atom stereocenters. The zero-order valence-corrected chi connectivity index (χ0v) is 25.0. The van der Waals surface area contributed by atoms with Gasteiger partial charge in [0.15, 0.2) is 19.7 Å². The molecule has 2 fully saturated rings. The normalized spacial score (nSPS) is 23.9. The summed E-state index contributed by atoms with van der Waals surface area (Å²) in [5, 5.41) is 11.9. The van der Waals surface area contributed by atoms with E-state index in [2.05, 4.69) is 71.0 Å². The van der Waals surface area contributed by atoms with Crippen LogP contribution in [0, 0.1) is 0 Å². The first-order valence-corrected chi connectivity index (χ1v) is 14.0. The molecule has 2 rings (SSSR count). The molecular formula is C14H26CdN4O4S6. The Labute approximate surface area is 215 Å². The van der Waals surface area contributed by atoms with Crippen LogP contribution in [0.1, 0.15) is 12.8 Å². The summed E-state index contributed by atoms with van der Waals surface area (Å²) in [5.74, 6) is 1.12. The zero-order valence-electron chi connectivity index (χ0n) is 16.0. The van der Waals surface area contributed by atoms with Gasteiger partial charge in [-0.1, -0.05) is 8.64 Å². The second kappa shape index (κ2) is 14.9. The van der Waals surface area contributed by atoms with Crippen LogP contribution >= 0.6 is 24.4 Å². The fourth-order valence-electron chi connectivity index (χ4n) is 2.79. The summed E-state index contributed by atoms with van der Waals surface area (Å²) in [6.45, 7) is 2.69. The van der Waals surface area contributed by atoms with E-state index in [1.54, 1.807) is 0 Å². The molecular weight excluding hydrogens is 593 g/mol. The summed E-state index contributed by atoms with van der Waals surface area (Å²) in [4.78, 5) is 0. The van der Waals surface area contributed by atoms with Crippen molar-refractivity contribution in [1.29, 1.82) is 0 Å². The molecule has 2 heterocycles. The molecule has 0 aromatic rings. The van der Waals surface area contributed by atoms with Gasteiger partial charge in [0.25, 0.3) is 0 Å². The van der Waals surface area contributed by atoms with E-state index in [9.17, 15) is 16.8 Å². The first kappa shape index (κ1) is 30.0. The Morgan fingerprint density at radius 3 is 1.34 bits per heavy atom. The minimum Gasteiger partial charge on any atom is -0.412 e. The van der Waals surface area contributed by atoms with Crippen LogP contribution < -0.4 is 21.3 Å². The maximum absolute atomic E-state index is 11.1. The fourth-order valence-corrected chi connectivity index (χ4v) is 6.62. The zero-order chi connectivity index (χ0) is 21.2. The van der Waals surface area contributed by atoms with E-state index >= 15 is 0 Å². The summed E-state index contributed by atoms with van der Waals surface area (Å²) < 4.78 is 45.1. The van der Waals surface area contributed by atoms with Gasteiger partial charge in [0.2, 0.25) is 0 Å². The number of thiocarbonyl (C=S) groups is 2. The number of hydrogen-bond acceptors (Lipinski definition) is 10. The third-order valence-corrected chi connectivity index (χ3v) is 8.23. The van der Waals surface area contributed by atoms with Gasteiger partial charge in [-0.05, 0) is 12.8 Å². The van der Waals surface area contributed by atoms with E-state index in [0.717, 1.165) is 0 Å². The smallest absolute Gasteiger partial charge is 0.412 e. The van der Waals surface area contributed by atoms with E-state index in [1.807, 2.05) is 0 Å². The number of nitrogens with one attached hydrogen (secondary N) is 4. The minimum absolute atomic E-state index is 0. The van der Waals surface area contributed by atoms with Crippen molar-refractivity contribution in [2.75, 3.05) is 49.2 Å². The van der Waals surface area contributed by atoms with Crippen molar-refractivity contribution in [3.63, 3.8) is 0 Å². The summed E-state index contributed by atoms with van der Waals surface area (Å²) in [5.41, 5.74) is 0. The molecule has 2 unspecified atom stereocenters. The first-order valence-electron chi connectivity index (χ1n) is 8.76. The Morgan fingerprint density at radius 2 is 1.10 bits per heavy atom. The largest absolute Gasteiger partial charge is 2.00 e. The van der Waals surface area contributed by atoms with Crippen LogP contribution in [0.2, 0.25) is 0 Å². The Balaban J connectivity index is 0.000000523. The van der Waals surface area contributed by atoms with Crippen LogP contribution in [-0.4, -0.2) is 86.8 Å². The number of rotatable bonds is 8. The van der Waals surface area contributed by atoms with E-state index in [1.165, 1.54) is 0 Å². The Morgan fingerprint density at radius 1 is 0.759 bits per heavy atom. The van der Waals surface area contributed by atoms with Gasteiger partial charge >= 0.3 is 27.3 Å². The molecule has 0 aliphatic carbocycles. The molecule has 0 amide bonds. The van der Waals surface area contributed by atoms with E-state index in [4.69, 9.17) is 0 Å². The molecule has 0 aromatic heterocycles. The first-order chi connectivity index (χ1) is 13.0. The summed E-state index contributed by atoms with van der Waals surface area (Å²) in [7, 11) is -5.56. The SMILES string of the molecule is O=S1(=O)CCC(NCCNC(=S)[S-])C1.O=S1(=O)CCC(NCCNC(=S)[S-])C1.[Cd+2]. The third kappa shape index (κ3) is 15.4. The number of sulfone groups is 2. The van der Waals surface area contributed by atoms with E-state index < -0.39 is 19.7 Å². The standard InChI is InChI=1S/2C7H14N2O2S3.Cd/c2*10-14(11)4-1-6(5-14)8-2-3-9-7(12)13;/h2*6,8H,1-5H2,(H2,9,12,13);/q;;+2/p-2. The second-order valence-corrected chi connectivity index (χ2v) is 13.1. The molecule has 0 saturated carbocycles. The van der Waals surface area contributed by atoms with Crippen molar-refractivity contribution in [2.45, 2.75) is 24.9 Å². The molecule has 2 aliphatic rings. The molecule has 0 spiro atoms. The van der Waals surface area contributed by atoms with Gasteiger partial charge in [-0.3, -0.25) is 0 Å². The van der Waals surface area contributed by atoms with Gasteiger partial charge < -0.3 is 71.0 Å². The second-order valence-electron chi connectivity index (χ2n) is 6.54. The van der Waals surface area contributed by atoms with Crippen LogP contribution in [0.15, 0.2) is 0 Å². The predicted octanol–water partition coefficient (Wildman–Crippen LogP) is -1.63. The van der Waals surface area contributed by atoms with Gasteiger partial charge in [-0.25, -0.2) is 16.8 Å². The van der Waals surface area contributed by atoms with Gasteiger partial charge in [0.05, 0.1) is 23.0 Å². The van der Waals surface area contributed by atoms with Gasteiger partial charge in [0.1, 0.15) is 0 Å². The Bertz CT molecular complexity index is 672. The monoisotopic (exact) mass is 620 g/mol. The summed E-state index contributed by atoms with van der Waals surface area (Å²) in [6.07, 6.45) is 1.42. The molecule has 4 N–H and O–H groups in total. The van der Waals surface area contributed by atoms with Crippen LogP contribution in [0.3, 0.4) is 0 Å². The van der Waals surface area contributed by atoms with Crippen molar-refractivity contribution in [3.05, 3.63) is 0 Å². The fraction of sp³-hybridized carbons (Fsp3) is 0.857. The summed E-state index contributed by atoms with van der Waals surface area (Å²) in [6, 6.07) is 0.195. The van der Waals surface area contributed by atoms with Crippen LogP contribution in [-0.2, 0) is 72.2 Å². The third-order valence-electron chi connectivity index (χ3n) is 4.12. The summed E-state index contributed by atoms with van der Waals surface area (Å²) >= 11 is 18.6. The average Bonchev–Trinajstić information content (AvgIpc) is 3.09. The van der Waals surface area contributed by atoms with Crippen LogP contribution in [0.5, 0.6) is 0 Å². The topological polar surface area (TPSA) is 116 Å². The van der Waals surface area contributed by atoms with Crippen molar-refractivity contribution in [2.24, 2.45) is 0 Å². The van der Waals surface area contributed by atoms with Gasteiger partial charge in [-0.15, -0.1) is 0 Å². The van der Waals surface area contributed by atoms with Crippen molar-refractivity contribution in [1.82, 2.24) is 21.3 Å². The van der Waals surface area contributed by atoms with E-state index in [0.29, 0.717) is 59.2 Å². The quantitative estimate of drug-likeness (QED) is 0.108. The minimum atomic E-state index is -2.78. The molecule has 2 saturated heterocycles. The molecule has 0 radical (unpaired) electrons. The predicted molar refractivity (Wildman–Crippen MR) is 126 cm³/mol.